The van der Waals surface area contributed by atoms with Gasteiger partial charge in [0.15, 0.2) is 0 Å². The van der Waals surface area contributed by atoms with Gasteiger partial charge >= 0.3 is 0 Å². The average Bonchev–Trinajstić information content (AvgIpc) is 2.75. The molecule has 5 nitrogen and oxygen atoms in total. The molecule has 110 valence electrons. The Kier molecular flexibility index (Phi) is 3.10. The highest BCUT2D eigenvalue weighted by Gasteiger charge is 2.20. The number of nitrogens with zero attached hydrogens (tertiary/aromatic N) is 4. The smallest absolute Gasteiger partial charge is 0.149 e. The number of aromatic nitrogens is 3. The topological polar surface area (TPSA) is 74.7 Å². The molecule has 0 aliphatic heterocycles. The Morgan fingerprint density at radius 2 is 1.91 bits per heavy atom. The van der Waals surface area contributed by atoms with E-state index in [0.717, 1.165) is 27.9 Å². The Bertz CT molecular complexity index is 948. The zero-order valence-electron chi connectivity index (χ0n) is 13.0. The van der Waals surface area contributed by atoms with Crippen LogP contribution in [0, 0.1) is 39.0 Å². The summed E-state index contributed by atoms with van der Waals surface area (Å²) in [6, 6.07) is 5.78. The molecule has 1 aromatic carbocycles. The van der Waals surface area contributed by atoms with Crippen LogP contribution in [-0.4, -0.2) is 19.6 Å². The SMILES string of the molecule is Cc1ncc2c(C#N)c(C)n(-c3c(C)ccc(O)c3C)c2n1. The van der Waals surface area contributed by atoms with Crippen LogP contribution in [0.2, 0.25) is 0 Å². The first-order chi connectivity index (χ1) is 10.5. The van der Waals surface area contributed by atoms with Gasteiger partial charge in [0, 0.05) is 17.5 Å². The van der Waals surface area contributed by atoms with E-state index in [1.54, 1.807) is 12.3 Å². The first kappa shape index (κ1) is 14.1. The van der Waals surface area contributed by atoms with Gasteiger partial charge in [-0.1, -0.05) is 6.07 Å². The molecule has 2 aromatic heterocycles. The van der Waals surface area contributed by atoms with Crippen molar-refractivity contribution in [3.63, 3.8) is 0 Å². The van der Waals surface area contributed by atoms with Gasteiger partial charge in [0.2, 0.25) is 0 Å². The van der Waals surface area contributed by atoms with Gasteiger partial charge in [-0.3, -0.25) is 4.57 Å². The number of rotatable bonds is 1. The molecule has 0 aliphatic rings. The van der Waals surface area contributed by atoms with E-state index in [-0.39, 0.29) is 5.75 Å². The lowest BCUT2D eigenvalue weighted by Gasteiger charge is -2.15. The molecule has 0 saturated heterocycles. The summed E-state index contributed by atoms with van der Waals surface area (Å²) in [7, 11) is 0. The molecule has 0 fully saturated rings. The molecule has 5 heteroatoms. The van der Waals surface area contributed by atoms with Crippen LogP contribution in [0.25, 0.3) is 16.7 Å². The molecule has 0 aliphatic carbocycles. The maximum absolute atomic E-state index is 10.1. The normalized spacial score (nSPS) is 10.9. The number of hydrogen-bond acceptors (Lipinski definition) is 4. The number of fused-ring (bicyclic) bond motifs is 1. The van der Waals surface area contributed by atoms with Crippen molar-refractivity contribution in [2.45, 2.75) is 27.7 Å². The largest absolute Gasteiger partial charge is 0.508 e. The van der Waals surface area contributed by atoms with Crippen molar-refractivity contribution < 1.29 is 5.11 Å². The third kappa shape index (κ3) is 1.85. The summed E-state index contributed by atoms with van der Waals surface area (Å²) in [6.07, 6.45) is 1.69. The highest BCUT2D eigenvalue weighted by atomic mass is 16.3. The van der Waals surface area contributed by atoms with Gasteiger partial charge in [0.25, 0.3) is 0 Å². The molecule has 1 N–H and O–H groups in total. The van der Waals surface area contributed by atoms with Gasteiger partial charge in [-0.05, 0) is 39.3 Å². The van der Waals surface area contributed by atoms with Gasteiger partial charge < -0.3 is 5.11 Å². The van der Waals surface area contributed by atoms with Gasteiger partial charge in [-0.15, -0.1) is 0 Å². The standard InChI is InChI=1S/C17H16N4O/c1-9-5-6-15(22)10(2)16(9)21-11(3)13(7-18)14-8-19-12(4)20-17(14)21/h5-6,8,22H,1-4H3. The van der Waals surface area contributed by atoms with Crippen molar-refractivity contribution in [1.82, 2.24) is 14.5 Å². The van der Waals surface area contributed by atoms with E-state index in [9.17, 15) is 10.4 Å². The van der Waals surface area contributed by atoms with E-state index in [1.165, 1.54) is 0 Å². The number of phenolic OH excluding ortho intramolecular Hbond substituents is 1. The second-order valence-electron chi connectivity index (χ2n) is 5.44. The number of benzene rings is 1. The maximum Gasteiger partial charge on any atom is 0.149 e. The van der Waals surface area contributed by atoms with Crippen LogP contribution >= 0.6 is 0 Å². The Hall–Kier alpha value is -2.87. The van der Waals surface area contributed by atoms with Crippen molar-refractivity contribution in [3.8, 4) is 17.5 Å². The lowest BCUT2D eigenvalue weighted by atomic mass is 10.1. The molecule has 0 saturated carbocycles. The van der Waals surface area contributed by atoms with E-state index in [1.807, 2.05) is 38.3 Å². The minimum absolute atomic E-state index is 0.228. The third-order valence-electron chi connectivity index (χ3n) is 4.01. The van der Waals surface area contributed by atoms with E-state index in [0.29, 0.717) is 17.0 Å². The second kappa shape index (κ2) is 4.85. The summed E-state index contributed by atoms with van der Waals surface area (Å²) >= 11 is 0. The van der Waals surface area contributed by atoms with Crippen molar-refractivity contribution in [2.24, 2.45) is 0 Å². The molecule has 3 aromatic rings. The minimum atomic E-state index is 0.228. The van der Waals surface area contributed by atoms with Gasteiger partial charge in [0.1, 0.15) is 23.3 Å². The van der Waals surface area contributed by atoms with Crippen molar-refractivity contribution in [1.29, 1.82) is 5.26 Å². The number of aromatic hydroxyl groups is 1. The fourth-order valence-electron chi connectivity index (χ4n) is 2.85. The lowest BCUT2D eigenvalue weighted by Crippen LogP contribution is -2.04. The molecule has 0 radical (unpaired) electrons. The molecule has 2 heterocycles. The number of phenols is 1. The molecule has 0 amide bonds. The third-order valence-corrected chi connectivity index (χ3v) is 4.01. The van der Waals surface area contributed by atoms with E-state index in [4.69, 9.17) is 0 Å². The van der Waals surface area contributed by atoms with Gasteiger partial charge in [0.05, 0.1) is 16.6 Å². The molecule has 3 rings (SSSR count). The molecular formula is C17H16N4O. The van der Waals surface area contributed by atoms with E-state index >= 15 is 0 Å². The average molecular weight is 292 g/mol. The summed E-state index contributed by atoms with van der Waals surface area (Å²) in [6.45, 7) is 7.55. The zero-order valence-corrected chi connectivity index (χ0v) is 13.0. The van der Waals surface area contributed by atoms with Gasteiger partial charge in [-0.25, -0.2) is 9.97 Å². The van der Waals surface area contributed by atoms with Crippen LogP contribution in [0.1, 0.15) is 28.2 Å². The van der Waals surface area contributed by atoms with E-state index < -0.39 is 0 Å². The molecule has 0 bridgehead atoms. The lowest BCUT2D eigenvalue weighted by molar-refractivity contribution is 0.470. The van der Waals surface area contributed by atoms with Gasteiger partial charge in [-0.2, -0.15) is 5.26 Å². The Balaban J connectivity index is 2.53. The second-order valence-corrected chi connectivity index (χ2v) is 5.44. The van der Waals surface area contributed by atoms with Crippen molar-refractivity contribution in [2.75, 3.05) is 0 Å². The summed E-state index contributed by atoms with van der Waals surface area (Å²) < 4.78 is 1.94. The van der Waals surface area contributed by atoms with Crippen molar-refractivity contribution >= 4 is 11.0 Å². The summed E-state index contributed by atoms with van der Waals surface area (Å²) in [5.74, 6) is 0.873. The monoisotopic (exact) mass is 292 g/mol. The summed E-state index contributed by atoms with van der Waals surface area (Å²) in [5, 5.41) is 20.3. The molecule has 22 heavy (non-hydrogen) atoms. The van der Waals surface area contributed by atoms with Crippen LogP contribution in [0.15, 0.2) is 18.3 Å². The molecular weight excluding hydrogens is 276 g/mol. The first-order valence-electron chi connectivity index (χ1n) is 7.00. The van der Waals surface area contributed by atoms with Crippen LogP contribution in [0.4, 0.5) is 0 Å². The Morgan fingerprint density at radius 1 is 1.18 bits per heavy atom. The van der Waals surface area contributed by atoms with Crippen molar-refractivity contribution in [3.05, 3.63) is 46.5 Å². The first-order valence-corrected chi connectivity index (χ1v) is 7.00. The number of nitriles is 1. The predicted molar refractivity (Wildman–Crippen MR) is 84.2 cm³/mol. The maximum atomic E-state index is 10.1. The molecule has 0 atom stereocenters. The number of hydrogen-bond donors (Lipinski definition) is 1. The predicted octanol–water partition coefficient (Wildman–Crippen LogP) is 3.23. The molecule has 0 spiro atoms. The number of aryl methyl sites for hydroxylation is 2. The summed E-state index contributed by atoms with van der Waals surface area (Å²) in [4.78, 5) is 8.71. The zero-order chi connectivity index (χ0) is 16.0. The van der Waals surface area contributed by atoms with Crippen LogP contribution < -0.4 is 0 Å². The highest BCUT2D eigenvalue weighted by molar-refractivity contribution is 5.86. The summed E-state index contributed by atoms with van der Waals surface area (Å²) in [5.41, 5.74) is 4.70. The molecule has 0 unspecified atom stereocenters. The van der Waals surface area contributed by atoms with Crippen LogP contribution in [0.3, 0.4) is 0 Å². The quantitative estimate of drug-likeness (QED) is 0.747. The highest BCUT2D eigenvalue weighted by Crippen LogP contribution is 2.33. The Labute approximate surface area is 128 Å². The Morgan fingerprint density at radius 3 is 2.59 bits per heavy atom. The fourth-order valence-corrected chi connectivity index (χ4v) is 2.85. The van der Waals surface area contributed by atoms with E-state index in [2.05, 4.69) is 16.0 Å². The van der Waals surface area contributed by atoms with Crippen LogP contribution in [0.5, 0.6) is 5.75 Å². The minimum Gasteiger partial charge on any atom is -0.508 e. The fraction of sp³-hybridized carbons (Fsp3) is 0.235. The van der Waals surface area contributed by atoms with Crippen LogP contribution in [-0.2, 0) is 0 Å².